The van der Waals surface area contributed by atoms with Crippen LogP contribution in [0.1, 0.15) is 10.4 Å². The van der Waals surface area contributed by atoms with Crippen molar-refractivity contribution in [3.05, 3.63) is 51.1 Å². The Morgan fingerprint density at radius 2 is 2.05 bits per heavy atom. The first-order chi connectivity index (χ1) is 10.0. The number of hydrogen-bond acceptors (Lipinski definition) is 3. The molecule has 0 aliphatic carbocycles. The van der Waals surface area contributed by atoms with Crippen molar-refractivity contribution < 1.29 is 14.6 Å². The molecule has 2 aromatic carbocycles. The fourth-order valence-electron chi connectivity index (χ4n) is 2.32. The number of H-pyrrole nitrogens is 1. The summed E-state index contributed by atoms with van der Waals surface area (Å²) in [5.41, 5.74) is 0.422. The molecular formula is C15H10ClNO4. The average molecular weight is 304 g/mol. The van der Waals surface area contributed by atoms with Gasteiger partial charge in [-0.1, -0.05) is 11.6 Å². The van der Waals surface area contributed by atoms with E-state index in [0.717, 1.165) is 0 Å². The van der Waals surface area contributed by atoms with Gasteiger partial charge in [-0.2, -0.15) is 0 Å². The van der Waals surface area contributed by atoms with Gasteiger partial charge in [0.05, 0.1) is 34.1 Å². The predicted octanol–water partition coefficient (Wildman–Crippen LogP) is 3.04. The summed E-state index contributed by atoms with van der Waals surface area (Å²) in [6.45, 7) is 0. The van der Waals surface area contributed by atoms with Gasteiger partial charge in [-0.3, -0.25) is 4.79 Å². The van der Waals surface area contributed by atoms with E-state index in [-0.39, 0.29) is 26.9 Å². The van der Waals surface area contributed by atoms with Crippen LogP contribution in [0.15, 0.2) is 35.1 Å². The Labute approximate surface area is 123 Å². The average Bonchev–Trinajstić information content (AvgIpc) is 2.46. The fourth-order valence-corrected chi connectivity index (χ4v) is 2.57. The largest absolute Gasteiger partial charge is 0.497 e. The summed E-state index contributed by atoms with van der Waals surface area (Å²) in [6, 6.07) is 7.74. The number of pyridine rings is 1. The van der Waals surface area contributed by atoms with E-state index in [1.54, 1.807) is 18.2 Å². The van der Waals surface area contributed by atoms with Crippen LogP contribution in [0.4, 0.5) is 0 Å². The monoisotopic (exact) mass is 303 g/mol. The van der Waals surface area contributed by atoms with Crippen LogP contribution in [0.5, 0.6) is 5.75 Å². The molecule has 0 amide bonds. The quantitative estimate of drug-likeness (QED) is 0.713. The van der Waals surface area contributed by atoms with E-state index < -0.39 is 5.97 Å². The molecule has 5 nitrogen and oxygen atoms in total. The Morgan fingerprint density at radius 3 is 2.71 bits per heavy atom. The van der Waals surface area contributed by atoms with Gasteiger partial charge in [0.25, 0.3) is 0 Å². The van der Waals surface area contributed by atoms with E-state index in [2.05, 4.69) is 4.98 Å². The molecule has 2 N–H and O–H groups in total. The molecule has 0 radical (unpaired) electrons. The normalized spacial score (nSPS) is 11.0. The van der Waals surface area contributed by atoms with Gasteiger partial charge in [-0.15, -0.1) is 0 Å². The van der Waals surface area contributed by atoms with E-state index in [4.69, 9.17) is 16.3 Å². The zero-order valence-corrected chi connectivity index (χ0v) is 11.7. The first kappa shape index (κ1) is 13.5. The number of aromatic nitrogens is 1. The number of hydrogen-bond donors (Lipinski definition) is 2. The number of fused-ring (bicyclic) bond motifs is 2. The van der Waals surface area contributed by atoms with Crippen LogP contribution in [0.25, 0.3) is 21.8 Å². The summed E-state index contributed by atoms with van der Waals surface area (Å²) in [6.07, 6.45) is 0. The van der Waals surface area contributed by atoms with Crippen molar-refractivity contribution in [3.63, 3.8) is 0 Å². The highest BCUT2D eigenvalue weighted by Gasteiger charge is 2.16. The third kappa shape index (κ3) is 2.02. The zero-order valence-electron chi connectivity index (χ0n) is 10.9. The van der Waals surface area contributed by atoms with Crippen LogP contribution < -0.4 is 10.2 Å². The summed E-state index contributed by atoms with van der Waals surface area (Å²) in [5.74, 6) is -0.585. The van der Waals surface area contributed by atoms with Crippen molar-refractivity contribution in [2.24, 2.45) is 0 Å². The molecule has 0 atom stereocenters. The lowest BCUT2D eigenvalue weighted by Gasteiger charge is -2.08. The van der Waals surface area contributed by atoms with Crippen LogP contribution >= 0.6 is 11.6 Å². The third-order valence-electron chi connectivity index (χ3n) is 3.34. The van der Waals surface area contributed by atoms with E-state index in [0.29, 0.717) is 16.7 Å². The van der Waals surface area contributed by atoms with Gasteiger partial charge in [0.1, 0.15) is 5.75 Å². The predicted molar refractivity (Wildman–Crippen MR) is 80.6 cm³/mol. The summed E-state index contributed by atoms with van der Waals surface area (Å²) in [4.78, 5) is 26.9. The van der Waals surface area contributed by atoms with Crippen molar-refractivity contribution in [2.45, 2.75) is 0 Å². The minimum Gasteiger partial charge on any atom is -0.497 e. The maximum atomic E-state index is 12.6. The Hall–Kier alpha value is -2.53. The second-order valence-corrected chi connectivity index (χ2v) is 4.92. The molecule has 1 heterocycles. The second-order valence-electron chi connectivity index (χ2n) is 4.52. The van der Waals surface area contributed by atoms with Crippen molar-refractivity contribution in [1.29, 1.82) is 0 Å². The Morgan fingerprint density at radius 1 is 1.29 bits per heavy atom. The first-order valence-corrected chi connectivity index (χ1v) is 6.46. The fraction of sp³-hybridized carbons (Fsp3) is 0.0667. The molecule has 0 bridgehead atoms. The third-order valence-corrected chi connectivity index (χ3v) is 3.66. The van der Waals surface area contributed by atoms with Gasteiger partial charge in [-0.25, -0.2) is 4.79 Å². The summed E-state index contributed by atoms with van der Waals surface area (Å²) < 4.78 is 5.10. The topological polar surface area (TPSA) is 79.4 Å². The van der Waals surface area contributed by atoms with Crippen LogP contribution in [0, 0.1) is 0 Å². The number of carboxylic acid groups (broad SMARTS) is 1. The summed E-state index contributed by atoms with van der Waals surface area (Å²) >= 11 is 6.07. The Balaban J connectivity index is 2.55. The number of aromatic carboxylic acids is 1. The summed E-state index contributed by atoms with van der Waals surface area (Å²) in [5, 5.41) is 10.0. The van der Waals surface area contributed by atoms with Crippen LogP contribution in [-0.4, -0.2) is 23.2 Å². The number of carboxylic acids is 1. The smallest absolute Gasteiger partial charge is 0.337 e. The van der Waals surface area contributed by atoms with E-state index >= 15 is 0 Å². The van der Waals surface area contributed by atoms with Crippen molar-refractivity contribution in [1.82, 2.24) is 4.98 Å². The number of ether oxygens (including phenoxy) is 1. The van der Waals surface area contributed by atoms with Gasteiger partial charge in [-0.05, 0) is 30.3 Å². The van der Waals surface area contributed by atoms with Crippen molar-refractivity contribution >= 4 is 39.4 Å². The van der Waals surface area contributed by atoms with Gasteiger partial charge < -0.3 is 14.8 Å². The van der Waals surface area contributed by atoms with Crippen LogP contribution in [0.3, 0.4) is 0 Å². The molecule has 0 aliphatic heterocycles. The molecule has 0 fully saturated rings. The number of halogens is 1. The number of carbonyl (C=O) groups is 1. The lowest BCUT2D eigenvalue weighted by Crippen LogP contribution is -2.09. The van der Waals surface area contributed by atoms with E-state index in [9.17, 15) is 14.7 Å². The molecule has 0 spiro atoms. The maximum Gasteiger partial charge on any atom is 0.337 e. The zero-order chi connectivity index (χ0) is 15.1. The van der Waals surface area contributed by atoms with Gasteiger partial charge >= 0.3 is 5.97 Å². The van der Waals surface area contributed by atoms with Crippen molar-refractivity contribution in [2.75, 3.05) is 7.11 Å². The highest BCUT2D eigenvalue weighted by molar-refractivity contribution is 6.36. The first-order valence-electron chi connectivity index (χ1n) is 6.08. The lowest BCUT2D eigenvalue weighted by atomic mass is 10.1. The molecule has 0 aliphatic rings. The lowest BCUT2D eigenvalue weighted by molar-refractivity contribution is 0.0699. The van der Waals surface area contributed by atoms with Gasteiger partial charge in [0, 0.05) is 5.39 Å². The number of nitrogens with one attached hydrogen (secondary N) is 1. The molecule has 1 aromatic heterocycles. The van der Waals surface area contributed by atoms with Crippen LogP contribution in [0.2, 0.25) is 5.02 Å². The van der Waals surface area contributed by atoms with Gasteiger partial charge in [0.15, 0.2) is 5.43 Å². The minimum atomic E-state index is -1.12. The van der Waals surface area contributed by atoms with Crippen LogP contribution in [-0.2, 0) is 0 Å². The van der Waals surface area contributed by atoms with Crippen molar-refractivity contribution in [3.8, 4) is 5.75 Å². The standard InChI is InChI=1S/C15H10ClNO4/c1-21-7-2-5-11-9(6-7)14(18)12-10(16)4-3-8(15(19)20)13(12)17-11/h2-6H,1H3,(H,17,18)(H,19,20). The molecule has 21 heavy (non-hydrogen) atoms. The molecule has 0 unspecified atom stereocenters. The molecule has 106 valence electrons. The highest BCUT2D eigenvalue weighted by atomic mass is 35.5. The Kier molecular flexibility index (Phi) is 3.07. The SMILES string of the molecule is COc1ccc2[nH]c3c(C(=O)O)ccc(Cl)c3c(=O)c2c1. The molecule has 3 aromatic rings. The number of benzene rings is 2. The molecule has 0 saturated carbocycles. The number of rotatable bonds is 2. The number of aromatic amines is 1. The molecule has 6 heteroatoms. The Bertz CT molecular complexity index is 946. The molecule has 3 rings (SSSR count). The van der Waals surface area contributed by atoms with Gasteiger partial charge in [0.2, 0.25) is 0 Å². The highest BCUT2D eigenvalue weighted by Crippen LogP contribution is 2.26. The maximum absolute atomic E-state index is 12.6. The molecule has 0 saturated heterocycles. The summed E-state index contributed by atoms with van der Waals surface area (Å²) in [7, 11) is 1.51. The molecular weight excluding hydrogens is 294 g/mol. The minimum absolute atomic E-state index is 0.00391. The van der Waals surface area contributed by atoms with E-state index in [1.165, 1.54) is 19.2 Å². The number of methoxy groups -OCH3 is 1. The van der Waals surface area contributed by atoms with E-state index in [1.807, 2.05) is 0 Å². The second kappa shape index (κ2) is 4.79.